The molecule has 2 nitrogen and oxygen atoms in total. The van der Waals surface area contributed by atoms with Crippen LogP contribution in [-0.2, 0) is 6.42 Å². The van der Waals surface area contributed by atoms with E-state index in [9.17, 15) is 0 Å². The number of benzene rings is 6. The van der Waals surface area contributed by atoms with Gasteiger partial charge in [-0.3, -0.25) is 0 Å². The van der Waals surface area contributed by atoms with Crippen LogP contribution in [0.3, 0.4) is 0 Å². The van der Waals surface area contributed by atoms with Gasteiger partial charge in [0.25, 0.3) is 0 Å². The van der Waals surface area contributed by atoms with Gasteiger partial charge in [0.05, 0.1) is 22.1 Å². The standard InChI is InChI=1S/C47H46N2/c1-46(2,3)31-35(47(4,5)6)27-32-15-13-17-36(28-32)48-44-24-12-9-21-40(44)41-30-34(25-26-45(41)48)33-16-14-18-37(29-33)49-42-22-10-7-19-38(42)39-20-8-11-23-43(39)49/h7-26,28-30,35H,27,31H2,1-6H3. The lowest BCUT2D eigenvalue weighted by Gasteiger charge is -2.36. The van der Waals surface area contributed by atoms with E-state index in [4.69, 9.17) is 0 Å². The summed E-state index contributed by atoms with van der Waals surface area (Å²) < 4.78 is 4.86. The Labute approximate surface area is 290 Å². The molecule has 1 unspecified atom stereocenters. The Kier molecular flexibility index (Phi) is 7.52. The summed E-state index contributed by atoms with van der Waals surface area (Å²) in [6, 6.07) is 51.6. The molecule has 0 saturated carbocycles. The van der Waals surface area contributed by atoms with Gasteiger partial charge in [-0.2, -0.15) is 0 Å². The quantitative estimate of drug-likeness (QED) is 0.171. The minimum atomic E-state index is 0.241. The van der Waals surface area contributed by atoms with Crippen LogP contribution in [0.1, 0.15) is 53.5 Å². The molecule has 8 rings (SSSR count). The first-order chi connectivity index (χ1) is 23.5. The maximum absolute atomic E-state index is 2.46. The summed E-state index contributed by atoms with van der Waals surface area (Å²) in [5, 5.41) is 5.12. The van der Waals surface area contributed by atoms with E-state index in [1.165, 1.54) is 78.1 Å². The minimum Gasteiger partial charge on any atom is -0.309 e. The Balaban J connectivity index is 1.22. The molecule has 2 heterocycles. The highest BCUT2D eigenvalue weighted by Gasteiger charge is 2.29. The first kappa shape index (κ1) is 31.2. The van der Waals surface area contributed by atoms with Gasteiger partial charge in [0, 0.05) is 32.9 Å². The highest BCUT2D eigenvalue weighted by molar-refractivity contribution is 6.11. The molecular weight excluding hydrogens is 593 g/mol. The lowest BCUT2D eigenvalue weighted by molar-refractivity contribution is 0.164. The normalized spacial score (nSPS) is 13.2. The lowest BCUT2D eigenvalue weighted by Crippen LogP contribution is -2.27. The Morgan fingerprint density at radius 3 is 1.51 bits per heavy atom. The van der Waals surface area contributed by atoms with Gasteiger partial charge in [0.2, 0.25) is 0 Å². The third-order valence-electron chi connectivity index (χ3n) is 10.4. The van der Waals surface area contributed by atoms with Crippen molar-refractivity contribution in [1.82, 2.24) is 9.13 Å². The fourth-order valence-corrected chi connectivity index (χ4v) is 7.99. The van der Waals surface area contributed by atoms with Crippen molar-refractivity contribution in [3.05, 3.63) is 145 Å². The number of nitrogens with zero attached hydrogens (tertiary/aromatic N) is 2. The first-order valence-corrected chi connectivity index (χ1v) is 17.8. The minimum absolute atomic E-state index is 0.241. The second-order valence-electron chi connectivity index (χ2n) is 16.2. The molecule has 8 aromatic rings. The number of hydrogen-bond acceptors (Lipinski definition) is 0. The number of para-hydroxylation sites is 3. The summed E-state index contributed by atoms with van der Waals surface area (Å²) in [5.74, 6) is 0.599. The SMILES string of the molecule is CC(C)(C)CC(Cc1cccc(-n2c3ccccc3c3cc(-c4cccc(-n5c6ccccc6c6ccccc65)c4)ccc32)c1)C(C)(C)C. The zero-order chi connectivity index (χ0) is 33.9. The third kappa shape index (κ3) is 5.74. The van der Waals surface area contributed by atoms with Crippen LogP contribution in [0.4, 0.5) is 0 Å². The van der Waals surface area contributed by atoms with Crippen molar-refractivity contribution in [2.75, 3.05) is 0 Å². The molecule has 6 aromatic carbocycles. The van der Waals surface area contributed by atoms with Gasteiger partial charge < -0.3 is 9.13 Å². The van der Waals surface area contributed by atoms with E-state index in [0.717, 1.165) is 6.42 Å². The molecule has 0 spiro atoms. The Hall–Kier alpha value is -5.08. The molecule has 0 amide bonds. The zero-order valence-electron chi connectivity index (χ0n) is 29.7. The molecular formula is C47H46N2. The van der Waals surface area contributed by atoms with E-state index in [2.05, 4.69) is 190 Å². The lowest BCUT2D eigenvalue weighted by atomic mass is 9.70. The molecule has 0 fully saturated rings. The van der Waals surface area contributed by atoms with Crippen LogP contribution in [0.25, 0.3) is 66.1 Å². The van der Waals surface area contributed by atoms with E-state index >= 15 is 0 Å². The third-order valence-corrected chi connectivity index (χ3v) is 10.4. The second kappa shape index (κ2) is 11.8. The highest BCUT2D eigenvalue weighted by atomic mass is 15.0. The number of aromatic nitrogens is 2. The average Bonchev–Trinajstić information content (AvgIpc) is 3.60. The van der Waals surface area contributed by atoms with Gasteiger partial charge in [0.1, 0.15) is 0 Å². The molecule has 0 N–H and O–H groups in total. The molecule has 0 aliphatic heterocycles. The van der Waals surface area contributed by atoms with Crippen molar-refractivity contribution in [2.24, 2.45) is 16.7 Å². The molecule has 0 aliphatic carbocycles. The highest BCUT2D eigenvalue weighted by Crippen LogP contribution is 2.40. The van der Waals surface area contributed by atoms with Crippen molar-refractivity contribution in [3.63, 3.8) is 0 Å². The van der Waals surface area contributed by atoms with Gasteiger partial charge >= 0.3 is 0 Å². The number of hydrogen-bond donors (Lipinski definition) is 0. The van der Waals surface area contributed by atoms with Crippen molar-refractivity contribution in [3.8, 4) is 22.5 Å². The monoisotopic (exact) mass is 638 g/mol. The van der Waals surface area contributed by atoms with E-state index in [-0.39, 0.29) is 5.41 Å². The van der Waals surface area contributed by atoms with Crippen molar-refractivity contribution in [1.29, 1.82) is 0 Å². The number of fused-ring (bicyclic) bond motifs is 6. The van der Waals surface area contributed by atoms with Crippen LogP contribution in [0, 0.1) is 16.7 Å². The summed E-state index contributed by atoms with van der Waals surface area (Å²) in [4.78, 5) is 0. The van der Waals surface area contributed by atoms with Crippen LogP contribution in [0.5, 0.6) is 0 Å². The molecule has 2 aromatic heterocycles. The van der Waals surface area contributed by atoms with Crippen LogP contribution < -0.4 is 0 Å². The summed E-state index contributed by atoms with van der Waals surface area (Å²) >= 11 is 0. The maximum atomic E-state index is 2.46. The molecule has 2 heteroatoms. The van der Waals surface area contributed by atoms with Gasteiger partial charge in [-0.15, -0.1) is 0 Å². The van der Waals surface area contributed by atoms with Gasteiger partial charge in [-0.1, -0.05) is 126 Å². The predicted octanol–water partition coefficient (Wildman–Crippen LogP) is 13.2. The topological polar surface area (TPSA) is 9.86 Å². The first-order valence-electron chi connectivity index (χ1n) is 17.8. The molecule has 0 radical (unpaired) electrons. The van der Waals surface area contributed by atoms with Crippen molar-refractivity contribution in [2.45, 2.75) is 54.4 Å². The molecule has 1 atom stereocenters. The van der Waals surface area contributed by atoms with Gasteiger partial charge in [-0.05, 0) is 101 Å². The predicted molar refractivity (Wildman–Crippen MR) is 211 cm³/mol. The van der Waals surface area contributed by atoms with E-state index in [1.807, 2.05) is 0 Å². The number of rotatable bonds is 6. The average molecular weight is 639 g/mol. The molecule has 0 saturated heterocycles. The summed E-state index contributed by atoms with van der Waals surface area (Å²) in [6.07, 6.45) is 2.29. The molecule has 0 bridgehead atoms. The maximum Gasteiger partial charge on any atom is 0.0541 e. The van der Waals surface area contributed by atoms with Gasteiger partial charge in [0.15, 0.2) is 0 Å². The largest absolute Gasteiger partial charge is 0.309 e. The fourth-order valence-electron chi connectivity index (χ4n) is 7.99. The van der Waals surface area contributed by atoms with E-state index in [1.54, 1.807) is 0 Å². The van der Waals surface area contributed by atoms with Crippen molar-refractivity contribution < 1.29 is 0 Å². The fraction of sp³-hybridized carbons (Fsp3) is 0.234. The van der Waals surface area contributed by atoms with Crippen LogP contribution in [0.2, 0.25) is 0 Å². The summed E-state index contributed by atoms with van der Waals surface area (Å²) in [5.41, 5.74) is 11.7. The Morgan fingerprint density at radius 2 is 0.939 bits per heavy atom. The van der Waals surface area contributed by atoms with Crippen LogP contribution >= 0.6 is 0 Å². The van der Waals surface area contributed by atoms with E-state index in [0.29, 0.717) is 11.3 Å². The van der Waals surface area contributed by atoms with Crippen LogP contribution in [0.15, 0.2) is 140 Å². The summed E-state index contributed by atoms with van der Waals surface area (Å²) in [6.45, 7) is 14.3. The van der Waals surface area contributed by atoms with Crippen LogP contribution in [-0.4, -0.2) is 9.13 Å². The molecule has 0 aliphatic rings. The summed E-state index contributed by atoms with van der Waals surface area (Å²) in [7, 11) is 0. The Morgan fingerprint density at radius 1 is 0.449 bits per heavy atom. The molecule has 49 heavy (non-hydrogen) atoms. The molecule has 244 valence electrons. The van der Waals surface area contributed by atoms with Gasteiger partial charge in [-0.25, -0.2) is 0 Å². The van der Waals surface area contributed by atoms with E-state index < -0.39 is 0 Å². The second-order valence-corrected chi connectivity index (χ2v) is 16.2. The Bertz CT molecular complexity index is 2420. The zero-order valence-corrected chi connectivity index (χ0v) is 29.7. The smallest absolute Gasteiger partial charge is 0.0541 e. The van der Waals surface area contributed by atoms with Crippen molar-refractivity contribution >= 4 is 43.6 Å².